The summed E-state index contributed by atoms with van der Waals surface area (Å²) in [6, 6.07) is 14.5. The van der Waals surface area contributed by atoms with Crippen molar-refractivity contribution in [1.29, 1.82) is 0 Å². The Balaban J connectivity index is 1.63. The van der Waals surface area contributed by atoms with Gasteiger partial charge in [-0.3, -0.25) is 4.79 Å². The Kier molecular flexibility index (Phi) is 6.36. The van der Waals surface area contributed by atoms with Gasteiger partial charge in [-0.15, -0.1) is 0 Å². The molecule has 1 saturated heterocycles. The summed E-state index contributed by atoms with van der Waals surface area (Å²) in [5, 5.41) is 0.769. The van der Waals surface area contributed by atoms with Crippen LogP contribution in [0.1, 0.15) is 46.4 Å². The van der Waals surface area contributed by atoms with Crippen LogP contribution in [0.4, 0.5) is 0 Å². The highest BCUT2D eigenvalue weighted by molar-refractivity contribution is 7.99. The highest BCUT2D eigenvalue weighted by atomic mass is 35.5. The van der Waals surface area contributed by atoms with Crippen LogP contribution in [0, 0.1) is 5.92 Å². The molecule has 0 saturated carbocycles. The summed E-state index contributed by atoms with van der Waals surface area (Å²) >= 11 is 8.03. The van der Waals surface area contributed by atoms with Gasteiger partial charge < -0.3 is 9.47 Å². The van der Waals surface area contributed by atoms with Crippen molar-refractivity contribution in [1.82, 2.24) is 14.5 Å². The summed E-state index contributed by atoms with van der Waals surface area (Å²) in [5.74, 6) is 1.87. The topological polar surface area (TPSA) is 38.1 Å². The van der Waals surface area contributed by atoms with Gasteiger partial charge in [0, 0.05) is 41.8 Å². The Bertz CT molecular complexity index is 1090. The number of imidazole rings is 1. The Morgan fingerprint density at radius 1 is 1.16 bits per heavy atom. The second-order valence-electron chi connectivity index (χ2n) is 9.43. The molecule has 3 aromatic rings. The molecule has 1 amide bonds. The lowest BCUT2D eigenvalue weighted by Gasteiger charge is -2.32. The zero-order chi connectivity index (χ0) is 22.2. The van der Waals surface area contributed by atoms with E-state index in [1.165, 1.54) is 5.52 Å². The van der Waals surface area contributed by atoms with Crippen molar-refractivity contribution in [3.8, 4) is 0 Å². The zero-order valence-electron chi connectivity index (χ0n) is 18.7. The molecule has 2 aromatic carbocycles. The van der Waals surface area contributed by atoms with Gasteiger partial charge >= 0.3 is 0 Å². The molecule has 1 aromatic heterocycles. The van der Waals surface area contributed by atoms with E-state index >= 15 is 0 Å². The summed E-state index contributed by atoms with van der Waals surface area (Å²) in [6.45, 7) is 11.0. The lowest BCUT2D eigenvalue weighted by atomic mass is 9.93. The first-order valence-corrected chi connectivity index (χ1v) is 12.1. The molecule has 0 spiro atoms. The van der Waals surface area contributed by atoms with Gasteiger partial charge in [-0.05, 0) is 49.1 Å². The summed E-state index contributed by atoms with van der Waals surface area (Å²) in [7, 11) is 0. The number of amides is 1. The maximum Gasteiger partial charge on any atom is 0.219 e. The van der Waals surface area contributed by atoms with Crippen LogP contribution < -0.4 is 0 Å². The van der Waals surface area contributed by atoms with Crippen molar-refractivity contribution in [3.63, 3.8) is 0 Å². The minimum absolute atomic E-state index is 0.0465. The number of halogens is 1. The second-order valence-corrected chi connectivity index (χ2v) is 11.0. The molecule has 1 fully saturated rings. The average molecular weight is 456 g/mol. The molecule has 0 bridgehead atoms. The monoisotopic (exact) mass is 455 g/mol. The molecule has 0 radical (unpaired) electrons. The van der Waals surface area contributed by atoms with Crippen molar-refractivity contribution in [2.24, 2.45) is 5.92 Å². The average Bonchev–Trinajstić information content (AvgIpc) is 3.08. The van der Waals surface area contributed by atoms with Gasteiger partial charge in [0.2, 0.25) is 5.91 Å². The fraction of sp³-hybridized carbons (Fsp3) is 0.440. The third-order valence-electron chi connectivity index (χ3n) is 5.96. The standard InChI is InChI=1S/C25H30ClN3OS/c1-17(30)28-13-11-18(12-14-28)16-29-22-10-9-19(31-23-8-6-5-7-20(23)26)15-21(22)27-24(29)25(2,3)4/h5-10,15,18H,11-14,16H2,1-4H3. The molecule has 164 valence electrons. The molecule has 6 heteroatoms. The first-order valence-electron chi connectivity index (χ1n) is 10.9. The van der Waals surface area contributed by atoms with Crippen LogP contribution in [0.2, 0.25) is 5.02 Å². The number of aromatic nitrogens is 2. The lowest BCUT2D eigenvalue weighted by molar-refractivity contribution is -0.130. The Hall–Kier alpha value is -1.98. The number of likely N-dealkylation sites (tertiary alicyclic amines) is 1. The normalized spacial score (nSPS) is 15.6. The van der Waals surface area contributed by atoms with E-state index in [0.717, 1.165) is 58.6 Å². The second kappa shape index (κ2) is 8.87. The highest BCUT2D eigenvalue weighted by Crippen LogP contribution is 2.36. The fourth-order valence-corrected chi connectivity index (χ4v) is 5.40. The van der Waals surface area contributed by atoms with E-state index < -0.39 is 0 Å². The predicted octanol–water partition coefficient (Wildman–Crippen LogP) is 6.40. The molecule has 4 rings (SSSR count). The molecule has 0 atom stereocenters. The molecule has 0 aliphatic carbocycles. The maximum atomic E-state index is 11.7. The first-order chi connectivity index (χ1) is 14.7. The van der Waals surface area contributed by atoms with Crippen molar-refractivity contribution >= 4 is 40.3 Å². The molecule has 4 nitrogen and oxygen atoms in total. The van der Waals surface area contributed by atoms with Crippen LogP contribution in [0.25, 0.3) is 11.0 Å². The number of carbonyl (C=O) groups is 1. The van der Waals surface area contributed by atoms with Crippen LogP contribution in [-0.2, 0) is 16.8 Å². The minimum atomic E-state index is -0.0465. The van der Waals surface area contributed by atoms with Gasteiger partial charge in [0.15, 0.2) is 0 Å². The van der Waals surface area contributed by atoms with E-state index in [0.29, 0.717) is 5.92 Å². The molecule has 1 aliphatic heterocycles. The number of hydrogen-bond acceptors (Lipinski definition) is 3. The lowest BCUT2D eigenvalue weighted by Crippen LogP contribution is -2.38. The molecule has 31 heavy (non-hydrogen) atoms. The largest absolute Gasteiger partial charge is 0.343 e. The summed E-state index contributed by atoms with van der Waals surface area (Å²) in [5.41, 5.74) is 2.17. The van der Waals surface area contributed by atoms with Gasteiger partial charge in [-0.2, -0.15) is 0 Å². The van der Waals surface area contributed by atoms with Crippen LogP contribution in [0.15, 0.2) is 52.3 Å². The third-order valence-corrected chi connectivity index (χ3v) is 7.46. The molecular weight excluding hydrogens is 426 g/mol. The molecule has 0 unspecified atom stereocenters. The molecule has 2 heterocycles. The van der Waals surface area contributed by atoms with Crippen molar-refractivity contribution < 1.29 is 4.79 Å². The van der Waals surface area contributed by atoms with E-state index in [2.05, 4.69) is 43.5 Å². The van der Waals surface area contributed by atoms with E-state index in [1.54, 1.807) is 18.7 Å². The van der Waals surface area contributed by atoms with Crippen molar-refractivity contribution in [2.45, 2.75) is 62.3 Å². The predicted molar refractivity (Wildman–Crippen MR) is 129 cm³/mol. The van der Waals surface area contributed by atoms with Crippen LogP contribution in [-0.4, -0.2) is 33.4 Å². The summed E-state index contributed by atoms with van der Waals surface area (Å²) in [4.78, 5) is 20.9. The maximum absolute atomic E-state index is 11.7. The van der Waals surface area contributed by atoms with Gasteiger partial charge in [0.05, 0.1) is 16.1 Å². The molecular formula is C25H30ClN3OS. The van der Waals surface area contributed by atoms with Gasteiger partial charge in [-0.25, -0.2) is 4.98 Å². The van der Waals surface area contributed by atoms with E-state index in [9.17, 15) is 4.79 Å². The number of carbonyl (C=O) groups excluding carboxylic acids is 1. The number of hydrogen-bond donors (Lipinski definition) is 0. The number of fused-ring (bicyclic) bond motifs is 1. The zero-order valence-corrected chi connectivity index (χ0v) is 20.3. The van der Waals surface area contributed by atoms with E-state index in [-0.39, 0.29) is 11.3 Å². The van der Waals surface area contributed by atoms with Crippen LogP contribution in [0.3, 0.4) is 0 Å². The fourth-order valence-electron chi connectivity index (χ4n) is 4.27. The van der Waals surface area contributed by atoms with Crippen LogP contribution in [0.5, 0.6) is 0 Å². The Morgan fingerprint density at radius 3 is 2.52 bits per heavy atom. The quantitative estimate of drug-likeness (QED) is 0.457. The van der Waals surface area contributed by atoms with E-state index in [4.69, 9.17) is 16.6 Å². The number of nitrogens with zero attached hydrogens (tertiary/aromatic N) is 3. The molecule has 1 aliphatic rings. The Labute approximate surface area is 194 Å². The summed E-state index contributed by atoms with van der Waals surface area (Å²) in [6.07, 6.45) is 2.09. The van der Waals surface area contributed by atoms with Crippen molar-refractivity contribution in [3.05, 3.63) is 53.3 Å². The highest BCUT2D eigenvalue weighted by Gasteiger charge is 2.27. The van der Waals surface area contributed by atoms with Gasteiger partial charge in [-0.1, -0.05) is 56.3 Å². The van der Waals surface area contributed by atoms with E-state index in [1.807, 2.05) is 29.2 Å². The number of benzene rings is 2. The van der Waals surface area contributed by atoms with Crippen LogP contribution >= 0.6 is 23.4 Å². The van der Waals surface area contributed by atoms with Gasteiger partial charge in [0.1, 0.15) is 5.82 Å². The van der Waals surface area contributed by atoms with Crippen molar-refractivity contribution in [2.75, 3.05) is 13.1 Å². The summed E-state index contributed by atoms with van der Waals surface area (Å²) < 4.78 is 2.41. The van der Waals surface area contributed by atoms with Gasteiger partial charge in [0.25, 0.3) is 0 Å². The number of piperidine rings is 1. The number of rotatable bonds is 4. The minimum Gasteiger partial charge on any atom is -0.343 e. The SMILES string of the molecule is CC(=O)N1CCC(Cn2c(C(C)(C)C)nc3cc(Sc4ccccc4Cl)ccc32)CC1. The smallest absolute Gasteiger partial charge is 0.219 e. The third kappa shape index (κ3) is 4.93. The molecule has 0 N–H and O–H groups in total. The Morgan fingerprint density at radius 2 is 1.87 bits per heavy atom. The first kappa shape index (κ1) is 22.2.